The van der Waals surface area contributed by atoms with Gasteiger partial charge in [0.25, 0.3) is 0 Å². The van der Waals surface area contributed by atoms with Crippen LogP contribution in [0.4, 0.5) is 11.4 Å². The quantitative estimate of drug-likeness (QED) is 0.179. The van der Waals surface area contributed by atoms with Crippen molar-refractivity contribution in [1.29, 1.82) is 0 Å². The van der Waals surface area contributed by atoms with E-state index in [0.717, 1.165) is 11.4 Å². The van der Waals surface area contributed by atoms with Crippen LogP contribution in [-0.2, 0) is 5.41 Å². The van der Waals surface area contributed by atoms with E-state index in [1.165, 1.54) is 103 Å². The zero-order valence-corrected chi connectivity index (χ0v) is 31.3. The zero-order valence-electron chi connectivity index (χ0n) is 30.5. The Balaban J connectivity index is 1.13. The van der Waals surface area contributed by atoms with Crippen LogP contribution in [0.1, 0.15) is 25.0 Å². The second-order valence-corrected chi connectivity index (χ2v) is 16.7. The predicted molar refractivity (Wildman–Crippen MR) is 237 cm³/mol. The van der Waals surface area contributed by atoms with Crippen molar-refractivity contribution in [1.82, 2.24) is 4.57 Å². The lowest BCUT2D eigenvalue weighted by Gasteiger charge is -2.26. The van der Waals surface area contributed by atoms with E-state index in [2.05, 4.69) is 195 Å². The Morgan fingerprint density at radius 1 is 0.545 bits per heavy atom. The maximum absolute atomic E-state index is 3.99. The van der Waals surface area contributed by atoms with Gasteiger partial charge in [0.1, 0.15) is 0 Å². The van der Waals surface area contributed by atoms with Gasteiger partial charge in [0.2, 0.25) is 0 Å². The number of hydrogen-bond acceptors (Lipinski definition) is 2. The first kappa shape index (κ1) is 31.0. The third kappa shape index (κ3) is 4.43. The first-order chi connectivity index (χ1) is 27.0. The molecule has 0 saturated heterocycles. The first-order valence-corrected chi connectivity index (χ1v) is 19.9. The fraction of sp³-hybridized carbons (Fsp3) is 0.0588. The van der Waals surface area contributed by atoms with Crippen molar-refractivity contribution in [3.05, 3.63) is 175 Å². The minimum absolute atomic E-state index is 0.0828. The van der Waals surface area contributed by atoms with Crippen molar-refractivity contribution in [2.24, 2.45) is 0 Å². The molecule has 1 radical (unpaired) electrons. The van der Waals surface area contributed by atoms with E-state index in [1.807, 2.05) is 11.3 Å². The van der Waals surface area contributed by atoms with Crippen molar-refractivity contribution < 1.29 is 0 Å². The highest BCUT2D eigenvalue weighted by Crippen LogP contribution is 2.50. The van der Waals surface area contributed by atoms with Gasteiger partial charge in [-0.2, -0.15) is 0 Å². The van der Waals surface area contributed by atoms with Gasteiger partial charge in [-0.25, -0.2) is 0 Å². The molecular weight excluding hydrogens is 683 g/mol. The molecule has 2 aliphatic rings. The average Bonchev–Trinajstić information content (AvgIpc) is 3.84. The molecule has 12 rings (SSSR count). The van der Waals surface area contributed by atoms with E-state index in [1.54, 1.807) is 0 Å². The summed E-state index contributed by atoms with van der Waals surface area (Å²) in [6.45, 7) is 4.70. The van der Waals surface area contributed by atoms with Gasteiger partial charge >= 0.3 is 0 Å². The summed E-state index contributed by atoms with van der Waals surface area (Å²) in [7, 11) is 2.43. The molecule has 0 atom stereocenters. The third-order valence-corrected chi connectivity index (χ3v) is 13.4. The Morgan fingerprint density at radius 3 is 2.18 bits per heavy atom. The maximum atomic E-state index is 3.99. The van der Waals surface area contributed by atoms with E-state index >= 15 is 0 Å². The van der Waals surface area contributed by atoms with E-state index in [4.69, 9.17) is 0 Å². The Bertz CT molecular complexity index is 3240. The van der Waals surface area contributed by atoms with Gasteiger partial charge in [0.15, 0.2) is 7.28 Å². The third-order valence-electron chi connectivity index (χ3n) is 12.2. The van der Waals surface area contributed by atoms with Gasteiger partial charge in [0.05, 0.1) is 10.2 Å². The number of thiophene rings is 1. The van der Waals surface area contributed by atoms with Crippen LogP contribution < -0.4 is 16.2 Å². The summed E-state index contributed by atoms with van der Waals surface area (Å²) in [5.74, 6) is 0. The standard InChI is InChI=1S/C51H34BN2S/c1-51(2)41-20-10-8-17-35(41)36-24-23-34(29-42(36)51)53-44-27-32-16-7-6-15-31(32)25-39(44)40-26-33(30-13-4-3-5-14-30)28-45-47(40)52-43-21-12-19-38-48(43)54(45)49-37-18-9-11-22-46(37)55-50(38)49/h3-29,53H,1-2H3. The molecule has 0 bridgehead atoms. The van der Waals surface area contributed by atoms with Gasteiger partial charge in [-0.05, 0) is 97.6 Å². The summed E-state index contributed by atoms with van der Waals surface area (Å²) in [6.07, 6.45) is 0. The Labute approximate surface area is 324 Å². The van der Waals surface area contributed by atoms with Gasteiger partial charge in [-0.15, -0.1) is 11.3 Å². The number of aromatic nitrogens is 1. The van der Waals surface area contributed by atoms with Crippen LogP contribution in [0.15, 0.2) is 164 Å². The summed E-state index contributed by atoms with van der Waals surface area (Å²) in [4.78, 5) is 0. The van der Waals surface area contributed by atoms with Crippen LogP contribution >= 0.6 is 11.3 Å². The predicted octanol–water partition coefficient (Wildman–Crippen LogP) is 12.5. The SMILES string of the molecule is CC1(C)c2ccccc2-c2ccc(Nc3cc4ccccc4cc3-c3cc(-c4ccccc4)cc4c3[B]c3cccc5c6sc7ccccc7c6n-4c35)cc21. The number of hydrogen-bond donors (Lipinski definition) is 1. The Hall–Kier alpha value is -6.36. The number of para-hydroxylation sites is 1. The van der Waals surface area contributed by atoms with Gasteiger partial charge in [-0.1, -0.05) is 141 Å². The molecule has 2 aromatic heterocycles. The highest BCUT2D eigenvalue weighted by Gasteiger charge is 2.35. The second-order valence-electron chi connectivity index (χ2n) is 15.6. The first-order valence-electron chi connectivity index (χ1n) is 19.1. The van der Waals surface area contributed by atoms with E-state index in [-0.39, 0.29) is 5.41 Å². The summed E-state index contributed by atoms with van der Waals surface area (Å²) >= 11 is 1.90. The monoisotopic (exact) mass is 717 g/mol. The second kappa shape index (κ2) is 11.3. The van der Waals surface area contributed by atoms with Crippen molar-refractivity contribution in [3.8, 4) is 39.1 Å². The van der Waals surface area contributed by atoms with Crippen LogP contribution in [0.3, 0.4) is 0 Å². The smallest absolute Gasteiger partial charge is 0.197 e. The van der Waals surface area contributed by atoms with Crippen LogP contribution in [0.5, 0.6) is 0 Å². The molecule has 257 valence electrons. The lowest BCUT2D eigenvalue weighted by molar-refractivity contribution is 0.660. The Morgan fingerprint density at radius 2 is 1.29 bits per heavy atom. The average molecular weight is 718 g/mol. The molecule has 10 aromatic rings. The molecule has 8 aromatic carbocycles. The molecule has 1 aliphatic carbocycles. The molecule has 1 N–H and O–H groups in total. The molecular formula is C51H34BN2S. The summed E-state index contributed by atoms with van der Waals surface area (Å²) in [6, 6.07) is 60.7. The summed E-state index contributed by atoms with van der Waals surface area (Å²) in [5, 5.41) is 9.04. The van der Waals surface area contributed by atoms with Crippen LogP contribution in [0, 0.1) is 0 Å². The normalized spacial score (nSPS) is 13.6. The molecule has 0 unspecified atom stereocenters. The minimum Gasteiger partial charge on any atom is -0.355 e. The van der Waals surface area contributed by atoms with Crippen LogP contribution in [0.25, 0.3) is 81.0 Å². The summed E-state index contributed by atoms with van der Waals surface area (Å²) in [5.41, 5.74) is 18.6. The molecule has 0 amide bonds. The van der Waals surface area contributed by atoms with Crippen LogP contribution in [0.2, 0.25) is 0 Å². The number of nitrogens with zero attached hydrogens (tertiary/aromatic N) is 1. The molecule has 55 heavy (non-hydrogen) atoms. The number of rotatable bonds is 4. The fourth-order valence-electron chi connectivity index (χ4n) is 9.55. The topological polar surface area (TPSA) is 17.0 Å². The zero-order chi connectivity index (χ0) is 36.4. The number of fused-ring (bicyclic) bond motifs is 11. The highest BCUT2D eigenvalue weighted by molar-refractivity contribution is 7.26. The highest BCUT2D eigenvalue weighted by atomic mass is 32.1. The molecule has 1 aliphatic heterocycles. The van der Waals surface area contributed by atoms with Crippen molar-refractivity contribution in [3.63, 3.8) is 0 Å². The van der Waals surface area contributed by atoms with Gasteiger partial charge in [0, 0.05) is 49.0 Å². The molecule has 0 fully saturated rings. The molecule has 3 heterocycles. The fourth-order valence-corrected chi connectivity index (χ4v) is 10.8. The van der Waals surface area contributed by atoms with E-state index < -0.39 is 0 Å². The maximum Gasteiger partial charge on any atom is 0.197 e. The van der Waals surface area contributed by atoms with E-state index in [0.29, 0.717) is 0 Å². The molecule has 0 saturated carbocycles. The molecule has 2 nitrogen and oxygen atoms in total. The molecule has 0 spiro atoms. The van der Waals surface area contributed by atoms with Crippen molar-refractivity contribution in [2.45, 2.75) is 19.3 Å². The van der Waals surface area contributed by atoms with Crippen molar-refractivity contribution >= 4 is 82.9 Å². The lowest BCUT2D eigenvalue weighted by atomic mass is 9.58. The molecule has 4 heteroatoms. The largest absolute Gasteiger partial charge is 0.355 e. The number of nitrogens with one attached hydrogen (secondary N) is 1. The summed E-state index contributed by atoms with van der Waals surface area (Å²) < 4.78 is 5.24. The number of benzene rings is 8. The minimum atomic E-state index is -0.0828. The van der Waals surface area contributed by atoms with Crippen LogP contribution in [-0.4, -0.2) is 11.8 Å². The van der Waals surface area contributed by atoms with E-state index in [9.17, 15) is 0 Å². The van der Waals surface area contributed by atoms with Gasteiger partial charge < -0.3 is 9.88 Å². The lowest BCUT2D eigenvalue weighted by Crippen LogP contribution is -2.37. The Kier molecular flexibility index (Phi) is 6.40. The van der Waals surface area contributed by atoms with Crippen molar-refractivity contribution in [2.75, 3.05) is 5.32 Å². The van der Waals surface area contributed by atoms with Gasteiger partial charge in [-0.3, -0.25) is 0 Å². The number of anilines is 2.